The highest BCUT2D eigenvalue weighted by Gasteiger charge is 2.10. The van der Waals surface area contributed by atoms with Crippen molar-refractivity contribution in [1.29, 1.82) is 0 Å². The Morgan fingerprint density at radius 3 is 2.69 bits per heavy atom. The van der Waals surface area contributed by atoms with Crippen LogP contribution in [0.15, 0.2) is 38.9 Å². The summed E-state index contributed by atoms with van der Waals surface area (Å²) < 4.78 is 2.01. The molecule has 0 atom stereocenters. The first-order valence-corrected chi connectivity index (χ1v) is 6.69. The Hall–Kier alpha value is -0.610. The van der Waals surface area contributed by atoms with Crippen molar-refractivity contribution in [3.8, 4) is 0 Å². The molecule has 0 saturated carbocycles. The number of nitrogens with one attached hydrogen (secondary N) is 1. The standard InChI is InChI=1S/C12H11Br2NO/c13-8-4-5-12(11(14)6-8)15-9-2-1-3-10(16)7-9/h4-7,15H,1-3H2. The summed E-state index contributed by atoms with van der Waals surface area (Å²) in [7, 11) is 0. The van der Waals surface area contributed by atoms with Gasteiger partial charge in [-0.25, -0.2) is 0 Å². The number of hydrogen-bond acceptors (Lipinski definition) is 2. The second kappa shape index (κ2) is 5.15. The highest BCUT2D eigenvalue weighted by Crippen LogP contribution is 2.28. The zero-order chi connectivity index (χ0) is 11.5. The lowest BCUT2D eigenvalue weighted by molar-refractivity contribution is -0.115. The first-order valence-electron chi connectivity index (χ1n) is 5.10. The molecule has 2 rings (SSSR count). The maximum absolute atomic E-state index is 11.3. The van der Waals surface area contributed by atoms with E-state index in [-0.39, 0.29) is 5.78 Å². The molecule has 1 aromatic carbocycles. The summed E-state index contributed by atoms with van der Waals surface area (Å²) in [5, 5.41) is 3.28. The molecule has 2 nitrogen and oxygen atoms in total. The van der Waals surface area contributed by atoms with E-state index in [0.717, 1.165) is 33.2 Å². The van der Waals surface area contributed by atoms with Gasteiger partial charge in [-0.3, -0.25) is 4.79 Å². The van der Waals surface area contributed by atoms with Crippen LogP contribution in [-0.2, 0) is 4.79 Å². The molecule has 4 heteroatoms. The molecule has 1 N–H and O–H groups in total. The molecule has 0 spiro atoms. The minimum atomic E-state index is 0.210. The van der Waals surface area contributed by atoms with Crippen LogP contribution in [-0.4, -0.2) is 5.78 Å². The first-order chi connectivity index (χ1) is 7.65. The lowest BCUT2D eigenvalue weighted by atomic mass is 10.0. The van der Waals surface area contributed by atoms with Crippen LogP contribution < -0.4 is 5.32 Å². The molecule has 0 aromatic heterocycles. The third-order valence-electron chi connectivity index (χ3n) is 2.43. The molecule has 0 heterocycles. The van der Waals surface area contributed by atoms with Crippen molar-refractivity contribution in [2.24, 2.45) is 0 Å². The normalized spacial score (nSPS) is 15.9. The van der Waals surface area contributed by atoms with E-state index in [1.807, 2.05) is 18.2 Å². The van der Waals surface area contributed by atoms with Crippen molar-refractivity contribution in [3.63, 3.8) is 0 Å². The predicted octanol–water partition coefficient (Wildman–Crippen LogP) is 4.26. The van der Waals surface area contributed by atoms with E-state index < -0.39 is 0 Å². The zero-order valence-corrected chi connectivity index (χ0v) is 11.8. The van der Waals surface area contributed by atoms with E-state index in [9.17, 15) is 4.79 Å². The molecule has 0 amide bonds. The van der Waals surface area contributed by atoms with E-state index in [4.69, 9.17) is 0 Å². The second-order valence-corrected chi connectivity index (χ2v) is 5.51. The molecule has 1 aliphatic rings. The van der Waals surface area contributed by atoms with Gasteiger partial charge in [0.15, 0.2) is 5.78 Å². The Bertz CT molecular complexity index is 454. The maximum atomic E-state index is 11.3. The summed E-state index contributed by atoms with van der Waals surface area (Å²) >= 11 is 6.89. The largest absolute Gasteiger partial charge is 0.358 e. The van der Waals surface area contributed by atoms with Crippen LogP contribution in [0.4, 0.5) is 5.69 Å². The molecule has 0 fully saturated rings. The molecule has 84 valence electrons. The minimum Gasteiger partial charge on any atom is -0.358 e. The van der Waals surface area contributed by atoms with Gasteiger partial charge in [-0.15, -0.1) is 0 Å². The number of hydrogen-bond donors (Lipinski definition) is 1. The van der Waals surface area contributed by atoms with Crippen LogP contribution in [0.25, 0.3) is 0 Å². The Morgan fingerprint density at radius 2 is 2.00 bits per heavy atom. The van der Waals surface area contributed by atoms with E-state index >= 15 is 0 Å². The lowest BCUT2D eigenvalue weighted by Crippen LogP contribution is -2.09. The Kier molecular flexibility index (Phi) is 3.82. The van der Waals surface area contributed by atoms with E-state index in [1.54, 1.807) is 6.08 Å². The number of benzene rings is 1. The fourth-order valence-electron chi connectivity index (χ4n) is 1.65. The molecule has 0 unspecified atom stereocenters. The molecular formula is C12H11Br2NO. The lowest BCUT2D eigenvalue weighted by Gasteiger charge is -2.15. The summed E-state index contributed by atoms with van der Waals surface area (Å²) in [4.78, 5) is 11.3. The summed E-state index contributed by atoms with van der Waals surface area (Å²) in [6.07, 6.45) is 4.25. The van der Waals surface area contributed by atoms with Crippen LogP contribution in [0.1, 0.15) is 19.3 Å². The van der Waals surface area contributed by atoms with Crippen LogP contribution >= 0.6 is 31.9 Å². The Labute approximate surface area is 111 Å². The molecule has 0 bridgehead atoms. The number of allylic oxidation sites excluding steroid dienone is 2. The number of ketones is 1. The highest BCUT2D eigenvalue weighted by molar-refractivity contribution is 9.11. The summed E-state index contributed by atoms with van der Waals surface area (Å²) in [5.74, 6) is 0.210. The van der Waals surface area contributed by atoms with Crippen molar-refractivity contribution in [1.82, 2.24) is 0 Å². The average Bonchev–Trinajstić information content (AvgIpc) is 2.22. The van der Waals surface area contributed by atoms with Gasteiger partial charge in [0.2, 0.25) is 0 Å². The molecular weight excluding hydrogens is 334 g/mol. The van der Waals surface area contributed by atoms with E-state index in [1.165, 1.54) is 0 Å². The van der Waals surface area contributed by atoms with Gasteiger partial charge in [0.05, 0.1) is 5.69 Å². The van der Waals surface area contributed by atoms with Crippen molar-refractivity contribution < 1.29 is 4.79 Å². The quantitative estimate of drug-likeness (QED) is 0.868. The molecule has 1 aromatic rings. The predicted molar refractivity (Wildman–Crippen MR) is 72.4 cm³/mol. The van der Waals surface area contributed by atoms with Gasteiger partial charge in [-0.1, -0.05) is 15.9 Å². The number of carbonyl (C=O) groups is 1. The Balaban J connectivity index is 2.17. The summed E-state index contributed by atoms with van der Waals surface area (Å²) in [6.45, 7) is 0. The van der Waals surface area contributed by atoms with Gasteiger partial charge in [0, 0.05) is 27.1 Å². The molecule has 0 radical (unpaired) electrons. The fraction of sp³-hybridized carbons (Fsp3) is 0.250. The number of halogens is 2. The fourth-order valence-corrected chi connectivity index (χ4v) is 2.80. The van der Waals surface area contributed by atoms with Gasteiger partial charge >= 0.3 is 0 Å². The number of carbonyl (C=O) groups excluding carboxylic acids is 1. The van der Waals surface area contributed by atoms with E-state index in [2.05, 4.69) is 37.2 Å². The first kappa shape index (κ1) is 11.9. The van der Waals surface area contributed by atoms with Gasteiger partial charge in [0.1, 0.15) is 0 Å². The third-order valence-corrected chi connectivity index (χ3v) is 3.58. The van der Waals surface area contributed by atoms with E-state index in [0.29, 0.717) is 6.42 Å². The van der Waals surface area contributed by atoms with Gasteiger partial charge in [-0.05, 0) is 47.0 Å². The molecule has 1 aliphatic carbocycles. The van der Waals surface area contributed by atoms with Crippen LogP contribution in [0.2, 0.25) is 0 Å². The smallest absolute Gasteiger partial charge is 0.157 e. The Morgan fingerprint density at radius 1 is 1.19 bits per heavy atom. The summed E-state index contributed by atoms with van der Waals surface area (Å²) in [5.41, 5.74) is 1.99. The molecule has 16 heavy (non-hydrogen) atoms. The van der Waals surface area contributed by atoms with Gasteiger partial charge < -0.3 is 5.32 Å². The SMILES string of the molecule is O=C1C=C(Nc2ccc(Br)cc2Br)CCC1. The molecule has 0 saturated heterocycles. The minimum absolute atomic E-state index is 0.210. The van der Waals surface area contributed by atoms with Gasteiger partial charge in [-0.2, -0.15) is 0 Å². The second-order valence-electron chi connectivity index (χ2n) is 3.74. The molecule has 0 aliphatic heterocycles. The average molecular weight is 345 g/mol. The maximum Gasteiger partial charge on any atom is 0.157 e. The number of anilines is 1. The van der Waals surface area contributed by atoms with Crippen LogP contribution in [0, 0.1) is 0 Å². The van der Waals surface area contributed by atoms with Crippen LogP contribution in [0.5, 0.6) is 0 Å². The van der Waals surface area contributed by atoms with Gasteiger partial charge in [0.25, 0.3) is 0 Å². The monoisotopic (exact) mass is 343 g/mol. The van der Waals surface area contributed by atoms with Crippen molar-refractivity contribution in [2.75, 3.05) is 5.32 Å². The highest BCUT2D eigenvalue weighted by atomic mass is 79.9. The summed E-state index contributed by atoms with van der Waals surface area (Å²) in [6, 6.07) is 5.93. The third kappa shape index (κ3) is 2.95. The topological polar surface area (TPSA) is 29.1 Å². The van der Waals surface area contributed by atoms with Crippen molar-refractivity contribution >= 4 is 43.3 Å². The zero-order valence-electron chi connectivity index (χ0n) is 8.59. The van der Waals surface area contributed by atoms with Crippen LogP contribution in [0.3, 0.4) is 0 Å². The van der Waals surface area contributed by atoms with Crippen molar-refractivity contribution in [3.05, 3.63) is 38.9 Å². The number of rotatable bonds is 2. The van der Waals surface area contributed by atoms with Crippen molar-refractivity contribution in [2.45, 2.75) is 19.3 Å².